The van der Waals surface area contributed by atoms with Gasteiger partial charge in [0.05, 0.1) is 23.8 Å². The highest BCUT2D eigenvalue weighted by Crippen LogP contribution is 2.21. The molecule has 3 aromatic rings. The first-order valence-corrected chi connectivity index (χ1v) is 7.01. The van der Waals surface area contributed by atoms with E-state index < -0.39 is 0 Å². The van der Waals surface area contributed by atoms with E-state index in [1.807, 2.05) is 17.7 Å². The van der Waals surface area contributed by atoms with Crippen molar-refractivity contribution in [3.8, 4) is 0 Å². The van der Waals surface area contributed by atoms with E-state index in [-0.39, 0.29) is 0 Å². The number of hydrogen-bond acceptors (Lipinski definition) is 4. The van der Waals surface area contributed by atoms with Gasteiger partial charge in [-0.15, -0.1) is 11.6 Å². The summed E-state index contributed by atoms with van der Waals surface area (Å²) in [5.74, 6) is 1.20. The molecule has 3 aromatic heterocycles. The molecule has 0 atom stereocenters. The molecule has 0 unspecified atom stereocenters. The number of aryl methyl sites for hydroxylation is 2. The lowest BCUT2D eigenvalue weighted by molar-refractivity contribution is 0.635. The van der Waals surface area contributed by atoms with Gasteiger partial charge in [0.25, 0.3) is 0 Å². The van der Waals surface area contributed by atoms with Gasteiger partial charge in [0.15, 0.2) is 5.65 Å². The van der Waals surface area contributed by atoms with Crippen LogP contribution in [-0.4, -0.2) is 29.3 Å². The van der Waals surface area contributed by atoms with E-state index in [2.05, 4.69) is 31.5 Å². The summed E-state index contributed by atoms with van der Waals surface area (Å²) in [6, 6.07) is 1.89. The monoisotopic (exact) mass is 290 g/mol. The Hall–Kier alpha value is -1.95. The highest BCUT2D eigenvalue weighted by atomic mass is 35.5. The maximum atomic E-state index is 6.03. The van der Waals surface area contributed by atoms with E-state index in [1.54, 1.807) is 12.5 Å². The van der Waals surface area contributed by atoms with Gasteiger partial charge in [-0.3, -0.25) is 0 Å². The van der Waals surface area contributed by atoms with Gasteiger partial charge in [0.1, 0.15) is 17.7 Å². The predicted molar refractivity (Wildman–Crippen MR) is 76.6 cm³/mol. The normalized spacial score (nSPS) is 11.3. The molecule has 0 spiro atoms. The molecule has 3 rings (SSSR count). The zero-order valence-corrected chi connectivity index (χ0v) is 12.2. The summed E-state index contributed by atoms with van der Waals surface area (Å²) in [5, 5.41) is 4.50. The first-order valence-electron chi connectivity index (χ1n) is 6.48. The summed E-state index contributed by atoms with van der Waals surface area (Å²) >= 11 is 6.03. The van der Waals surface area contributed by atoms with E-state index in [9.17, 15) is 0 Å². The summed E-state index contributed by atoms with van der Waals surface area (Å²) < 4.78 is 4.03. The van der Waals surface area contributed by atoms with E-state index in [4.69, 9.17) is 11.6 Å². The van der Waals surface area contributed by atoms with Gasteiger partial charge in [-0.25, -0.2) is 19.6 Å². The van der Waals surface area contributed by atoms with E-state index in [0.717, 1.165) is 34.9 Å². The lowest BCUT2D eigenvalue weighted by Gasteiger charge is -2.08. The second kappa shape index (κ2) is 5.20. The Balaban J connectivity index is 2.16. The molecule has 0 N–H and O–H groups in total. The van der Waals surface area contributed by atoms with Crippen molar-refractivity contribution >= 4 is 22.8 Å². The molecule has 7 heteroatoms. The third-order valence-corrected chi connectivity index (χ3v) is 3.50. The summed E-state index contributed by atoms with van der Waals surface area (Å²) in [6.45, 7) is 5.44. The number of fused-ring (bicyclic) bond motifs is 1. The minimum Gasteiger partial charge on any atom is -0.306 e. The standard InChI is InChI=1S/C13H15ClN6/c1-3-20-13-12(9(2)18-20)17-11(6-14)19(13)7-10-4-5-15-8-16-10/h4-5,8H,3,6-7H2,1-2H3. The Bertz CT molecular complexity index is 730. The second-order valence-corrected chi connectivity index (χ2v) is 4.79. The molecule has 0 radical (unpaired) electrons. The van der Waals surface area contributed by atoms with Crippen molar-refractivity contribution in [1.82, 2.24) is 29.3 Å². The number of alkyl halides is 1. The Morgan fingerprint density at radius 1 is 1.35 bits per heavy atom. The third-order valence-electron chi connectivity index (χ3n) is 3.26. The van der Waals surface area contributed by atoms with Crippen LogP contribution in [0.1, 0.15) is 24.1 Å². The highest BCUT2D eigenvalue weighted by Gasteiger charge is 2.18. The van der Waals surface area contributed by atoms with Crippen LogP contribution in [0.4, 0.5) is 0 Å². The van der Waals surface area contributed by atoms with Gasteiger partial charge in [-0.05, 0) is 19.9 Å². The molecule has 0 aliphatic carbocycles. The smallest absolute Gasteiger partial charge is 0.159 e. The average Bonchev–Trinajstić information content (AvgIpc) is 2.99. The van der Waals surface area contributed by atoms with Gasteiger partial charge in [-0.1, -0.05) is 0 Å². The van der Waals surface area contributed by atoms with Crippen molar-refractivity contribution in [3.63, 3.8) is 0 Å². The van der Waals surface area contributed by atoms with Crippen LogP contribution in [-0.2, 0) is 19.0 Å². The van der Waals surface area contributed by atoms with Crippen LogP contribution in [0.15, 0.2) is 18.6 Å². The minimum atomic E-state index is 0.364. The maximum Gasteiger partial charge on any atom is 0.159 e. The first-order chi connectivity index (χ1) is 9.74. The van der Waals surface area contributed by atoms with Crippen LogP contribution in [0.5, 0.6) is 0 Å². The van der Waals surface area contributed by atoms with Crippen molar-refractivity contribution in [1.29, 1.82) is 0 Å². The number of halogens is 1. The van der Waals surface area contributed by atoms with Crippen LogP contribution in [0.25, 0.3) is 11.2 Å². The molecule has 104 valence electrons. The topological polar surface area (TPSA) is 61.4 Å². The number of hydrogen-bond donors (Lipinski definition) is 0. The fraction of sp³-hybridized carbons (Fsp3) is 0.385. The summed E-state index contributed by atoms with van der Waals surface area (Å²) in [7, 11) is 0. The second-order valence-electron chi connectivity index (χ2n) is 4.52. The lowest BCUT2D eigenvalue weighted by atomic mass is 10.4. The molecule has 0 fully saturated rings. The van der Waals surface area contributed by atoms with Gasteiger partial charge in [0.2, 0.25) is 0 Å². The summed E-state index contributed by atoms with van der Waals surface area (Å²) in [6.07, 6.45) is 3.28. The zero-order chi connectivity index (χ0) is 14.1. The highest BCUT2D eigenvalue weighted by molar-refractivity contribution is 6.16. The van der Waals surface area contributed by atoms with Crippen LogP contribution in [0.3, 0.4) is 0 Å². The lowest BCUT2D eigenvalue weighted by Crippen LogP contribution is -2.10. The Morgan fingerprint density at radius 2 is 2.20 bits per heavy atom. The van der Waals surface area contributed by atoms with E-state index >= 15 is 0 Å². The fourth-order valence-corrected chi connectivity index (χ4v) is 2.54. The van der Waals surface area contributed by atoms with Gasteiger partial charge in [0, 0.05) is 12.7 Å². The summed E-state index contributed by atoms with van der Waals surface area (Å²) in [5.41, 5.74) is 3.76. The van der Waals surface area contributed by atoms with Crippen molar-refractivity contribution in [2.45, 2.75) is 32.8 Å². The summed E-state index contributed by atoms with van der Waals surface area (Å²) in [4.78, 5) is 12.8. The molecule has 0 aromatic carbocycles. The molecular formula is C13H15ClN6. The molecular weight excluding hydrogens is 276 g/mol. The molecule has 20 heavy (non-hydrogen) atoms. The molecule has 6 nitrogen and oxygen atoms in total. The molecule has 0 aliphatic rings. The number of rotatable bonds is 4. The van der Waals surface area contributed by atoms with Crippen molar-refractivity contribution in [2.75, 3.05) is 0 Å². The van der Waals surface area contributed by atoms with E-state index in [1.165, 1.54) is 0 Å². The van der Waals surface area contributed by atoms with Crippen LogP contribution >= 0.6 is 11.6 Å². The minimum absolute atomic E-state index is 0.364. The van der Waals surface area contributed by atoms with Crippen molar-refractivity contribution in [2.24, 2.45) is 0 Å². The Labute approximate surface area is 121 Å². The maximum absolute atomic E-state index is 6.03. The third kappa shape index (κ3) is 2.06. The largest absolute Gasteiger partial charge is 0.306 e. The van der Waals surface area contributed by atoms with Crippen LogP contribution in [0, 0.1) is 6.92 Å². The molecule has 0 saturated heterocycles. The predicted octanol–water partition coefficient (Wildman–Crippen LogP) is 2.14. The molecule has 0 saturated carbocycles. The van der Waals surface area contributed by atoms with E-state index in [0.29, 0.717) is 12.4 Å². The van der Waals surface area contributed by atoms with Crippen molar-refractivity contribution < 1.29 is 0 Å². The van der Waals surface area contributed by atoms with Gasteiger partial charge >= 0.3 is 0 Å². The average molecular weight is 291 g/mol. The number of imidazole rings is 1. The van der Waals surface area contributed by atoms with Gasteiger partial charge in [-0.2, -0.15) is 5.10 Å². The zero-order valence-electron chi connectivity index (χ0n) is 11.4. The molecule has 0 bridgehead atoms. The fourth-order valence-electron chi connectivity index (χ4n) is 2.33. The van der Waals surface area contributed by atoms with Crippen LogP contribution < -0.4 is 0 Å². The first kappa shape index (κ1) is 13.1. The molecule has 0 aliphatic heterocycles. The SMILES string of the molecule is CCn1nc(C)c2nc(CCl)n(Cc3ccncn3)c21. The Kier molecular flexibility index (Phi) is 3.40. The quantitative estimate of drug-likeness (QED) is 0.691. The Morgan fingerprint density at radius 3 is 2.85 bits per heavy atom. The molecule has 0 amide bonds. The van der Waals surface area contributed by atoms with Crippen molar-refractivity contribution in [3.05, 3.63) is 35.8 Å². The van der Waals surface area contributed by atoms with Gasteiger partial charge < -0.3 is 4.57 Å². The molecule has 3 heterocycles. The number of nitrogens with zero attached hydrogens (tertiary/aromatic N) is 6. The number of aromatic nitrogens is 6. The van der Waals surface area contributed by atoms with Crippen LogP contribution in [0.2, 0.25) is 0 Å².